The third-order valence-corrected chi connectivity index (χ3v) is 3.43. The second-order valence-corrected chi connectivity index (χ2v) is 8.64. The van der Waals surface area contributed by atoms with Crippen LogP contribution in [-0.2, 0) is 13.1 Å². The molecule has 2 heterocycles. The van der Waals surface area contributed by atoms with Crippen molar-refractivity contribution >= 4 is 0 Å². The van der Waals surface area contributed by atoms with Crippen molar-refractivity contribution in [3.63, 3.8) is 0 Å². The highest BCUT2D eigenvalue weighted by Gasteiger charge is 2.18. The fraction of sp³-hybridized carbons (Fsp3) is 0.500. The van der Waals surface area contributed by atoms with E-state index in [0.29, 0.717) is 10.8 Å². The van der Waals surface area contributed by atoms with E-state index in [-0.39, 0.29) is 0 Å². The summed E-state index contributed by atoms with van der Waals surface area (Å²) >= 11 is 0. The molecule has 118 valence electrons. The Morgan fingerprint density at radius 3 is 1.09 bits per heavy atom. The van der Waals surface area contributed by atoms with Crippen molar-refractivity contribution in [3.05, 3.63) is 49.1 Å². The Labute approximate surface area is 135 Å². The molecule has 0 unspecified atom stereocenters. The smallest absolute Gasteiger partial charge is 0.169 e. The monoisotopic (exact) mass is 298 g/mol. The first-order valence-corrected chi connectivity index (χ1v) is 8.11. The molecule has 22 heavy (non-hydrogen) atoms. The van der Waals surface area contributed by atoms with Gasteiger partial charge in [0.2, 0.25) is 0 Å². The van der Waals surface area contributed by atoms with Crippen LogP contribution in [0.4, 0.5) is 0 Å². The van der Waals surface area contributed by atoms with Crippen LogP contribution in [0.15, 0.2) is 49.1 Å². The van der Waals surface area contributed by atoms with Crippen molar-refractivity contribution in [3.8, 4) is 11.1 Å². The summed E-state index contributed by atoms with van der Waals surface area (Å²) in [5.74, 6) is 0. The van der Waals surface area contributed by atoms with Gasteiger partial charge >= 0.3 is 0 Å². The summed E-state index contributed by atoms with van der Waals surface area (Å²) in [7, 11) is 0. The lowest BCUT2D eigenvalue weighted by Crippen LogP contribution is -2.39. The largest absolute Gasteiger partial charge is 0.205 e. The van der Waals surface area contributed by atoms with Crippen molar-refractivity contribution in [2.75, 3.05) is 0 Å². The first-order valence-electron chi connectivity index (χ1n) is 8.11. The minimum absolute atomic E-state index is 0.303. The molecular weight excluding hydrogens is 268 g/mol. The zero-order valence-electron chi connectivity index (χ0n) is 14.9. The molecule has 0 aliphatic heterocycles. The number of pyridine rings is 2. The van der Waals surface area contributed by atoms with E-state index in [0.717, 1.165) is 13.1 Å². The fourth-order valence-corrected chi connectivity index (χ4v) is 2.61. The molecule has 2 aromatic rings. The van der Waals surface area contributed by atoms with Crippen molar-refractivity contribution in [2.24, 2.45) is 10.8 Å². The molecule has 0 aromatic carbocycles. The van der Waals surface area contributed by atoms with Crippen LogP contribution in [0.5, 0.6) is 0 Å². The highest BCUT2D eigenvalue weighted by molar-refractivity contribution is 5.60. The minimum atomic E-state index is 0.303. The third kappa shape index (κ3) is 5.25. The Morgan fingerprint density at radius 2 is 0.864 bits per heavy atom. The van der Waals surface area contributed by atoms with E-state index >= 15 is 0 Å². The Hall–Kier alpha value is -1.70. The lowest BCUT2D eigenvalue weighted by Gasteiger charge is -2.14. The molecule has 0 fully saturated rings. The molecule has 2 heteroatoms. The second kappa shape index (κ2) is 6.20. The lowest BCUT2D eigenvalue weighted by molar-refractivity contribution is -0.708. The zero-order valence-corrected chi connectivity index (χ0v) is 14.9. The van der Waals surface area contributed by atoms with Gasteiger partial charge in [-0.2, -0.15) is 0 Å². The van der Waals surface area contributed by atoms with Crippen LogP contribution in [0.1, 0.15) is 41.5 Å². The van der Waals surface area contributed by atoms with Crippen LogP contribution >= 0.6 is 0 Å². The van der Waals surface area contributed by atoms with E-state index < -0.39 is 0 Å². The van der Waals surface area contributed by atoms with E-state index in [4.69, 9.17) is 0 Å². The summed E-state index contributed by atoms with van der Waals surface area (Å²) in [6.07, 6.45) is 8.71. The molecule has 0 amide bonds. The second-order valence-electron chi connectivity index (χ2n) is 8.64. The van der Waals surface area contributed by atoms with Gasteiger partial charge in [-0.25, -0.2) is 9.13 Å². The molecule has 2 aromatic heterocycles. The van der Waals surface area contributed by atoms with E-state index in [9.17, 15) is 0 Å². The highest BCUT2D eigenvalue weighted by Crippen LogP contribution is 2.18. The lowest BCUT2D eigenvalue weighted by atomic mass is 9.96. The SMILES string of the molecule is CC(C)(C)C[n+]1ccc(-c2cc[n+](CC(C)(C)C)cc2)cc1. The maximum atomic E-state index is 2.26. The first kappa shape index (κ1) is 16.7. The highest BCUT2D eigenvalue weighted by atomic mass is 14.9. The molecule has 0 aliphatic carbocycles. The molecule has 0 radical (unpaired) electrons. The maximum absolute atomic E-state index is 2.26. The Kier molecular flexibility index (Phi) is 4.69. The Morgan fingerprint density at radius 1 is 0.591 bits per heavy atom. The number of nitrogens with zero attached hydrogens (tertiary/aromatic N) is 2. The van der Waals surface area contributed by atoms with Gasteiger partial charge in [0, 0.05) is 35.1 Å². The van der Waals surface area contributed by atoms with Gasteiger partial charge in [0.25, 0.3) is 0 Å². The average Bonchev–Trinajstić information content (AvgIpc) is 2.37. The van der Waals surface area contributed by atoms with Crippen molar-refractivity contribution < 1.29 is 9.13 Å². The molecule has 0 aliphatic rings. The molecule has 0 atom stereocenters. The summed E-state index contributed by atoms with van der Waals surface area (Å²) in [4.78, 5) is 0. The molecule has 0 spiro atoms. The predicted molar refractivity (Wildman–Crippen MR) is 91.2 cm³/mol. The van der Waals surface area contributed by atoms with Crippen LogP contribution in [0.3, 0.4) is 0 Å². The maximum Gasteiger partial charge on any atom is 0.169 e. The van der Waals surface area contributed by atoms with Crippen LogP contribution in [0, 0.1) is 10.8 Å². The fourth-order valence-electron chi connectivity index (χ4n) is 2.61. The van der Waals surface area contributed by atoms with Gasteiger partial charge in [0.1, 0.15) is 0 Å². The van der Waals surface area contributed by atoms with Gasteiger partial charge in [-0.3, -0.25) is 0 Å². The topological polar surface area (TPSA) is 7.76 Å². The molecule has 0 bridgehead atoms. The quantitative estimate of drug-likeness (QED) is 0.756. The molecule has 2 rings (SSSR count). The van der Waals surface area contributed by atoms with Gasteiger partial charge < -0.3 is 0 Å². The zero-order chi connectivity index (χ0) is 16.4. The molecule has 0 saturated heterocycles. The van der Waals surface area contributed by atoms with Gasteiger partial charge in [0.15, 0.2) is 37.9 Å². The van der Waals surface area contributed by atoms with E-state index in [1.165, 1.54) is 11.1 Å². The van der Waals surface area contributed by atoms with Gasteiger partial charge in [-0.1, -0.05) is 41.5 Å². The first-order chi connectivity index (χ1) is 10.1. The van der Waals surface area contributed by atoms with Crippen LogP contribution in [0.2, 0.25) is 0 Å². The van der Waals surface area contributed by atoms with Crippen molar-refractivity contribution in [1.82, 2.24) is 0 Å². The van der Waals surface area contributed by atoms with Crippen LogP contribution < -0.4 is 9.13 Å². The van der Waals surface area contributed by atoms with E-state index in [1.807, 2.05) is 0 Å². The van der Waals surface area contributed by atoms with Crippen LogP contribution in [0.25, 0.3) is 11.1 Å². The summed E-state index contributed by atoms with van der Waals surface area (Å²) in [5, 5.41) is 0. The molecule has 0 saturated carbocycles. The molecular formula is C20H30N2+2. The standard InChI is InChI=1S/C20H30N2/c1-19(2,3)15-21-11-7-17(8-12-21)18-9-13-22(14-10-18)16-20(4,5)6/h7-14H,15-16H2,1-6H3/q+2. The number of aromatic nitrogens is 2. The number of hydrogen-bond acceptors (Lipinski definition) is 0. The Balaban J connectivity index is 2.12. The number of rotatable bonds is 3. The van der Waals surface area contributed by atoms with Gasteiger partial charge in [-0.15, -0.1) is 0 Å². The van der Waals surface area contributed by atoms with Crippen LogP contribution in [-0.4, -0.2) is 0 Å². The van der Waals surface area contributed by atoms with Gasteiger partial charge in [-0.05, 0) is 11.1 Å². The Bertz CT molecular complexity index is 539. The predicted octanol–water partition coefficient (Wildman–Crippen LogP) is 4.02. The number of hydrogen-bond donors (Lipinski definition) is 0. The third-order valence-electron chi connectivity index (χ3n) is 3.43. The summed E-state index contributed by atoms with van der Waals surface area (Å²) in [6, 6.07) is 8.81. The average molecular weight is 298 g/mol. The summed E-state index contributed by atoms with van der Waals surface area (Å²) < 4.78 is 4.51. The van der Waals surface area contributed by atoms with Crippen molar-refractivity contribution in [1.29, 1.82) is 0 Å². The normalized spacial score (nSPS) is 12.5. The van der Waals surface area contributed by atoms with E-state index in [1.54, 1.807) is 0 Å². The molecule has 2 nitrogen and oxygen atoms in total. The minimum Gasteiger partial charge on any atom is -0.205 e. The summed E-state index contributed by atoms with van der Waals surface area (Å²) in [5.41, 5.74) is 3.15. The van der Waals surface area contributed by atoms with E-state index in [2.05, 4.69) is 99.7 Å². The summed E-state index contributed by atoms with van der Waals surface area (Å²) in [6.45, 7) is 15.6. The van der Waals surface area contributed by atoms with Crippen molar-refractivity contribution in [2.45, 2.75) is 54.6 Å². The van der Waals surface area contributed by atoms with Gasteiger partial charge in [0.05, 0.1) is 0 Å². The molecule has 0 N–H and O–H groups in total.